The molecule has 17 heavy (non-hydrogen) atoms. The Bertz CT molecular complexity index is 472. The van der Waals surface area contributed by atoms with Crippen molar-refractivity contribution in [1.82, 2.24) is 25.9 Å². The number of phenolic OH excluding ortho intramolecular Hbond substituents is 1. The van der Waals surface area contributed by atoms with Gasteiger partial charge in [-0.3, -0.25) is 0 Å². The lowest BCUT2D eigenvalue weighted by Crippen LogP contribution is -2.14. The van der Waals surface area contributed by atoms with E-state index in [0.717, 1.165) is 5.56 Å². The molecule has 3 N–H and O–H groups in total. The summed E-state index contributed by atoms with van der Waals surface area (Å²) in [5.74, 6) is 1.51. The lowest BCUT2D eigenvalue weighted by atomic mass is 10.2. The number of methoxy groups -OCH3 is 1. The highest BCUT2D eigenvalue weighted by Gasteiger charge is 2.04. The molecule has 0 atom stereocenters. The normalized spacial score (nSPS) is 10.4. The number of H-pyrrole nitrogens is 1. The Morgan fingerprint density at radius 2 is 2.29 bits per heavy atom. The van der Waals surface area contributed by atoms with Crippen LogP contribution in [0.1, 0.15) is 11.4 Å². The second kappa shape index (κ2) is 5.26. The van der Waals surface area contributed by atoms with Crippen molar-refractivity contribution < 1.29 is 9.84 Å². The van der Waals surface area contributed by atoms with Crippen LogP contribution in [0, 0.1) is 0 Å². The van der Waals surface area contributed by atoms with Gasteiger partial charge in [-0.05, 0) is 18.2 Å². The third kappa shape index (κ3) is 2.91. The minimum Gasteiger partial charge on any atom is -0.508 e. The lowest BCUT2D eigenvalue weighted by molar-refractivity contribution is 0.410. The molecule has 90 valence electrons. The third-order valence-electron chi connectivity index (χ3n) is 2.27. The van der Waals surface area contributed by atoms with E-state index in [0.29, 0.717) is 24.7 Å². The van der Waals surface area contributed by atoms with Gasteiger partial charge in [-0.25, -0.2) is 0 Å². The number of nitrogens with zero attached hydrogens (tertiary/aromatic N) is 3. The van der Waals surface area contributed by atoms with Crippen LogP contribution in [0.2, 0.25) is 0 Å². The van der Waals surface area contributed by atoms with Crippen LogP contribution in [0.25, 0.3) is 0 Å². The summed E-state index contributed by atoms with van der Waals surface area (Å²) >= 11 is 0. The van der Waals surface area contributed by atoms with Crippen LogP contribution in [0.5, 0.6) is 11.5 Å². The largest absolute Gasteiger partial charge is 0.508 e. The minimum absolute atomic E-state index is 0.228. The Labute approximate surface area is 97.8 Å². The van der Waals surface area contributed by atoms with Gasteiger partial charge in [0.05, 0.1) is 13.7 Å². The molecule has 0 unspecified atom stereocenters. The highest BCUT2D eigenvalue weighted by atomic mass is 16.5. The third-order valence-corrected chi connectivity index (χ3v) is 2.27. The molecule has 0 aliphatic heterocycles. The number of phenols is 1. The average Bonchev–Trinajstić information content (AvgIpc) is 2.84. The molecule has 0 fully saturated rings. The van der Waals surface area contributed by atoms with Gasteiger partial charge in [0.1, 0.15) is 11.5 Å². The standard InChI is InChI=1S/C10H13N5O2/c1-17-8-2-3-9(16)7(4-8)5-11-6-10-12-14-15-13-10/h2-4,11,16H,5-6H2,1H3,(H,12,13,14,15). The van der Waals surface area contributed by atoms with Gasteiger partial charge in [0, 0.05) is 12.1 Å². The summed E-state index contributed by atoms with van der Waals surface area (Å²) in [5, 5.41) is 26.2. The van der Waals surface area contributed by atoms with Crippen molar-refractivity contribution in [3.8, 4) is 11.5 Å². The first kappa shape index (κ1) is 11.3. The number of benzene rings is 1. The van der Waals surface area contributed by atoms with Gasteiger partial charge in [-0.15, -0.1) is 10.2 Å². The zero-order valence-electron chi connectivity index (χ0n) is 9.34. The number of aromatic amines is 1. The molecule has 7 nitrogen and oxygen atoms in total. The summed E-state index contributed by atoms with van der Waals surface area (Å²) in [6.45, 7) is 0.977. The van der Waals surface area contributed by atoms with Crippen LogP contribution in [0.4, 0.5) is 0 Å². The van der Waals surface area contributed by atoms with Gasteiger partial charge in [0.25, 0.3) is 0 Å². The topological polar surface area (TPSA) is 96.0 Å². The van der Waals surface area contributed by atoms with Crippen LogP contribution in [0.3, 0.4) is 0 Å². The Morgan fingerprint density at radius 3 is 3.00 bits per heavy atom. The highest BCUT2D eigenvalue weighted by molar-refractivity contribution is 5.39. The number of hydrogen-bond acceptors (Lipinski definition) is 6. The summed E-state index contributed by atoms with van der Waals surface area (Å²) in [7, 11) is 1.59. The fourth-order valence-electron chi connectivity index (χ4n) is 1.40. The fourth-order valence-corrected chi connectivity index (χ4v) is 1.40. The van der Waals surface area contributed by atoms with E-state index < -0.39 is 0 Å². The van der Waals surface area contributed by atoms with Crippen molar-refractivity contribution in [2.45, 2.75) is 13.1 Å². The Hall–Kier alpha value is -2.15. The van der Waals surface area contributed by atoms with Gasteiger partial charge >= 0.3 is 0 Å². The molecule has 0 saturated heterocycles. The zero-order valence-corrected chi connectivity index (χ0v) is 9.34. The molecule has 2 rings (SSSR count). The van der Waals surface area contributed by atoms with Crippen molar-refractivity contribution in [1.29, 1.82) is 0 Å². The molecule has 0 amide bonds. The molecule has 0 aliphatic rings. The van der Waals surface area contributed by atoms with Gasteiger partial charge < -0.3 is 15.2 Å². The second-order valence-electron chi connectivity index (χ2n) is 3.43. The highest BCUT2D eigenvalue weighted by Crippen LogP contribution is 2.22. The number of aromatic hydroxyl groups is 1. The van der Waals surface area contributed by atoms with Gasteiger partial charge in [0.2, 0.25) is 0 Å². The van der Waals surface area contributed by atoms with Crippen LogP contribution in [0.15, 0.2) is 18.2 Å². The van der Waals surface area contributed by atoms with Crippen molar-refractivity contribution >= 4 is 0 Å². The molecule has 0 bridgehead atoms. The molecule has 0 saturated carbocycles. The molecule has 1 aromatic carbocycles. The van der Waals surface area contributed by atoms with E-state index in [2.05, 4.69) is 25.9 Å². The maximum atomic E-state index is 9.64. The molecule has 1 aromatic heterocycles. The van der Waals surface area contributed by atoms with Crippen molar-refractivity contribution in [3.05, 3.63) is 29.6 Å². The number of tetrazole rings is 1. The van der Waals surface area contributed by atoms with E-state index in [-0.39, 0.29) is 5.75 Å². The molecule has 0 aliphatic carbocycles. The predicted molar refractivity (Wildman–Crippen MR) is 59.4 cm³/mol. The summed E-state index contributed by atoms with van der Waals surface area (Å²) in [5.41, 5.74) is 0.757. The van der Waals surface area contributed by atoms with E-state index in [1.54, 1.807) is 25.3 Å². The van der Waals surface area contributed by atoms with Crippen LogP contribution in [-0.4, -0.2) is 32.8 Å². The Balaban J connectivity index is 1.94. The zero-order chi connectivity index (χ0) is 12.1. The summed E-state index contributed by atoms with van der Waals surface area (Å²) in [4.78, 5) is 0. The van der Waals surface area contributed by atoms with Crippen molar-refractivity contribution in [2.24, 2.45) is 0 Å². The van der Waals surface area contributed by atoms with Gasteiger partial charge in [0.15, 0.2) is 5.82 Å². The molecule has 1 heterocycles. The number of rotatable bonds is 5. The maximum absolute atomic E-state index is 9.64. The van der Waals surface area contributed by atoms with E-state index in [1.165, 1.54) is 0 Å². The van der Waals surface area contributed by atoms with E-state index in [9.17, 15) is 5.11 Å². The lowest BCUT2D eigenvalue weighted by Gasteiger charge is -2.07. The van der Waals surface area contributed by atoms with Crippen molar-refractivity contribution in [2.75, 3.05) is 7.11 Å². The fraction of sp³-hybridized carbons (Fsp3) is 0.300. The van der Waals surface area contributed by atoms with E-state index >= 15 is 0 Å². The monoisotopic (exact) mass is 235 g/mol. The predicted octanol–water partition coefficient (Wildman–Crippen LogP) is 0.204. The van der Waals surface area contributed by atoms with Crippen LogP contribution < -0.4 is 10.1 Å². The van der Waals surface area contributed by atoms with Crippen LogP contribution >= 0.6 is 0 Å². The maximum Gasteiger partial charge on any atom is 0.188 e. The summed E-state index contributed by atoms with van der Waals surface area (Å²) in [6, 6.07) is 5.08. The smallest absolute Gasteiger partial charge is 0.188 e. The van der Waals surface area contributed by atoms with Crippen LogP contribution in [-0.2, 0) is 13.1 Å². The molecule has 0 spiro atoms. The first-order chi connectivity index (χ1) is 8.29. The Kier molecular flexibility index (Phi) is 3.51. The summed E-state index contributed by atoms with van der Waals surface area (Å²) < 4.78 is 5.08. The van der Waals surface area contributed by atoms with Gasteiger partial charge in [-0.2, -0.15) is 5.21 Å². The molecule has 7 heteroatoms. The molecule has 2 aromatic rings. The molecular formula is C10H13N5O2. The molecule has 0 radical (unpaired) electrons. The summed E-state index contributed by atoms with van der Waals surface area (Å²) in [6.07, 6.45) is 0. The minimum atomic E-state index is 0.228. The van der Waals surface area contributed by atoms with Crippen molar-refractivity contribution in [3.63, 3.8) is 0 Å². The second-order valence-corrected chi connectivity index (χ2v) is 3.43. The number of nitrogens with one attached hydrogen (secondary N) is 2. The quantitative estimate of drug-likeness (QED) is 0.685. The first-order valence-electron chi connectivity index (χ1n) is 5.08. The van der Waals surface area contributed by atoms with E-state index in [4.69, 9.17) is 4.74 Å². The number of aromatic nitrogens is 4. The first-order valence-corrected chi connectivity index (χ1v) is 5.08. The molecular weight excluding hydrogens is 222 g/mol. The number of hydrogen-bond donors (Lipinski definition) is 3. The Morgan fingerprint density at radius 1 is 1.41 bits per heavy atom. The average molecular weight is 235 g/mol. The SMILES string of the molecule is COc1ccc(O)c(CNCc2nn[nH]n2)c1. The number of ether oxygens (including phenoxy) is 1. The van der Waals surface area contributed by atoms with Gasteiger partial charge in [-0.1, -0.05) is 5.21 Å². The van der Waals surface area contributed by atoms with E-state index in [1.807, 2.05) is 0 Å².